The Hall–Kier alpha value is -3.64. The van der Waals surface area contributed by atoms with Crippen molar-refractivity contribution in [1.82, 2.24) is 4.98 Å². The van der Waals surface area contributed by atoms with Crippen molar-refractivity contribution in [3.05, 3.63) is 72.9 Å². The fourth-order valence-corrected chi connectivity index (χ4v) is 5.30. The standard InChI is InChI=1S/C22H24N4O6S2/c1-16(26(33(3,28)29)18-9-11-19(32-2)12-10-18)22(27)24-17-7-13-20(14-8-17)34(30,31)25-21-6-4-5-15-23-21/h4-16H,1-3H3,(H,23,25)(H,24,27)/t16-/m0/s1. The van der Waals surface area contributed by atoms with E-state index in [0.29, 0.717) is 17.1 Å². The molecular formula is C22H24N4O6S2. The number of hydrogen-bond acceptors (Lipinski definition) is 7. The third kappa shape index (κ3) is 6.02. The van der Waals surface area contributed by atoms with E-state index in [4.69, 9.17) is 4.74 Å². The number of hydrogen-bond donors (Lipinski definition) is 2. The van der Waals surface area contributed by atoms with Gasteiger partial charge in [0.05, 0.1) is 23.9 Å². The summed E-state index contributed by atoms with van der Waals surface area (Å²) in [6, 6.07) is 15.5. The van der Waals surface area contributed by atoms with Gasteiger partial charge in [0, 0.05) is 11.9 Å². The van der Waals surface area contributed by atoms with Gasteiger partial charge in [-0.05, 0) is 67.6 Å². The zero-order valence-electron chi connectivity index (χ0n) is 18.7. The highest BCUT2D eigenvalue weighted by Gasteiger charge is 2.29. The molecule has 1 atom stereocenters. The first-order valence-corrected chi connectivity index (χ1v) is 13.3. The van der Waals surface area contributed by atoms with Crippen molar-refractivity contribution in [1.29, 1.82) is 0 Å². The van der Waals surface area contributed by atoms with E-state index in [-0.39, 0.29) is 10.7 Å². The molecule has 0 aliphatic carbocycles. The van der Waals surface area contributed by atoms with Crippen molar-refractivity contribution in [2.75, 3.05) is 27.7 Å². The molecule has 1 amide bonds. The van der Waals surface area contributed by atoms with Gasteiger partial charge in [0.15, 0.2) is 0 Å². The van der Waals surface area contributed by atoms with Gasteiger partial charge in [-0.3, -0.25) is 13.8 Å². The summed E-state index contributed by atoms with van der Waals surface area (Å²) < 4.78 is 58.4. The van der Waals surface area contributed by atoms with Crippen LogP contribution >= 0.6 is 0 Å². The fraction of sp³-hybridized carbons (Fsp3) is 0.182. The highest BCUT2D eigenvalue weighted by molar-refractivity contribution is 7.92. The SMILES string of the molecule is COc1ccc(N([C@@H](C)C(=O)Nc2ccc(S(=O)(=O)Nc3ccccn3)cc2)S(C)(=O)=O)cc1. The molecule has 3 rings (SSSR count). The number of sulfonamides is 2. The smallest absolute Gasteiger partial charge is 0.263 e. The Morgan fingerprint density at radius 3 is 2.15 bits per heavy atom. The van der Waals surface area contributed by atoms with Gasteiger partial charge in [0.25, 0.3) is 10.0 Å². The van der Waals surface area contributed by atoms with Crippen molar-refractivity contribution in [2.45, 2.75) is 17.9 Å². The molecule has 0 aliphatic heterocycles. The van der Waals surface area contributed by atoms with Crippen LogP contribution in [0.3, 0.4) is 0 Å². The van der Waals surface area contributed by atoms with Crippen molar-refractivity contribution in [3.63, 3.8) is 0 Å². The predicted molar refractivity (Wildman–Crippen MR) is 130 cm³/mol. The molecule has 0 spiro atoms. The zero-order valence-corrected chi connectivity index (χ0v) is 20.3. The zero-order chi connectivity index (χ0) is 24.9. The van der Waals surface area contributed by atoms with Gasteiger partial charge >= 0.3 is 0 Å². The Morgan fingerprint density at radius 2 is 1.62 bits per heavy atom. The van der Waals surface area contributed by atoms with Crippen LogP contribution in [0.1, 0.15) is 6.92 Å². The minimum Gasteiger partial charge on any atom is -0.497 e. The van der Waals surface area contributed by atoms with Crippen molar-refractivity contribution >= 4 is 43.1 Å². The Labute approximate surface area is 198 Å². The molecule has 1 aromatic heterocycles. The molecule has 0 bridgehead atoms. The Morgan fingerprint density at radius 1 is 0.971 bits per heavy atom. The average molecular weight is 505 g/mol. The summed E-state index contributed by atoms with van der Waals surface area (Å²) in [5, 5.41) is 2.62. The summed E-state index contributed by atoms with van der Waals surface area (Å²) in [4.78, 5) is 16.7. The van der Waals surface area contributed by atoms with Gasteiger partial charge in [-0.15, -0.1) is 0 Å². The van der Waals surface area contributed by atoms with E-state index in [2.05, 4.69) is 15.0 Å². The van der Waals surface area contributed by atoms with Crippen LogP contribution in [0.15, 0.2) is 77.8 Å². The average Bonchev–Trinajstić information content (AvgIpc) is 2.79. The normalized spacial score (nSPS) is 12.4. The van der Waals surface area contributed by atoms with E-state index >= 15 is 0 Å². The summed E-state index contributed by atoms with van der Waals surface area (Å²) in [5.41, 5.74) is 0.602. The molecule has 0 aliphatic rings. The lowest BCUT2D eigenvalue weighted by Crippen LogP contribution is -2.45. The van der Waals surface area contributed by atoms with Gasteiger partial charge in [0.1, 0.15) is 17.6 Å². The Balaban J connectivity index is 1.75. The number of methoxy groups -OCH3 is 1. The Bertz CT molecular complexity index is 1340. The largest absolute Gasteiger partial charge is 0.497 e. The summed E-state index contributed by atoms with van der Waals surface area (Å²) >= 11 is 0. The van der Waals surface area contributed by atoms with Gasteiger partial charge in [-0.25, -0.2) is 21.8 Å². The molecule has 2 N–H and O–H groups in total. The van der Waals surface area contributed by atoms with E-state index in [1.165, 1.54) is 62.7 Å². The second kappa shape index (κ2) is 10.1. The van der Waals surface area contributed by atoms with Crippen LogP contribution in [0.4, 0.5) is 17.2 Å². The van der Waals surface area contributed by atoms with Crippen LogP contribution in [0, 0.1) is 0 Å². The highest BCUT2D eigenvalue weighted by atomic mass is 32.2. The monoisotopic (exact) mass is 504 g/mol. The number of rotatable bonds is 9. The summed E-state index contributed by atoms with van der Waals surface area (Å²) in [6.45, 7) is 1.45. The quantitative estimate of drug-likeness (QED) is 0.457. The van der Waals surface area contributed by atoms with Crippen molar-refractivity contribution in [2.24, 2.45) is 0 Å². The Kier molecular flexibility index (Phi) is 7.42. The number of benzene rings is 2. The number of nitrogens with one attached hydrogen (secondary N) is 2. The van der Waals surface area contributed by atoms with E-state index in [0.717, 1.165) is 10.6 Å². The van der Waals surface area contributed by atoms with Crippen LogP contribution in [0.2, 0.25) is 0 Å². The first kappa shape index (κ1) is 25.0. The highest BCUT2D eigenvalue weighted by Crippen LogP contribution is 2.25. The van der Waals surface area contributed by atoms with E-state index < -0.39 is 32.0 Å². The molecule has 12 heteroatoms. The van der Waals surface area contributed by atoms with Gasteiger partial charge in [-0.1, -0.05) is 6.07 Å². The topological polar surface area (TPSA) is 135 Å². The number of carbonyl (C=O) groups excluding carboxylic acids is 1. The maximum atomic E-state index is 12.8. The van der Waals surface area contributed by atoms with Crippen LogP contribution in [-0.2, 0) is 24.8 Å². The number of pyridine rings is 1. The van der Waals surface area contributed by atoms with E-state index in [1.54, 1.807) is 24.3 Å². The third-order valence-electron chi connectivity index (χ3n) is 4.75. The summed E-state index contributed by atoms with van der Waals surface area (Å²) in [5.74, 6) is 0.124. The molecule has 2 aromatic carbocycles. The lowest BCUT2D eigenvalue weighted by molar-refractivity contribution is -0.116. The van der Waals surface area contributed by atoms with Crippen LogP contribution < -0.4 is 19.1 Å². The molecular weight excluding hydrogens is 480 g/mol. The predicted octanol–water partition coefficient (Wildman–Crippen LogP) is 2.68. The second-order valence-corrected chi connectivity index (χ2v) is 10.8. The van der Waals surface area contributed by atoms with Gasteiger partial charge in [-0.2, -0.15) is 0 Å². The molecule has 0 radical (unpaired) electrons. The van der Waals surface area contributed by atoms with Gasteiger partial charge in [0.2, 0.25) is 15.9 Å². The molecule has 3 aromatic rings. The number of ether oxygens (including phenoxy) is 1. The molecule has 34 heavy (non-hydrogen) atoms. The molecule has 0 unspecified atom stereocenters. The number of nitrogens with zero attached hydrogens (tertiary/aromatic N) is 2. The van der Waals surface area contributed by atoms with E-state index in [9.17, 15) is 21.6 Å². The minimum absolute atomic E-state index is 0.0276. The molecule has 0 saturated carbocycles. The summed E-state index contributed by atoms with van der Waals surface area (Å²) in [6.07, 6.45) is 2.47. The number of anilines is 3. The first-order valence-electron chi connectivity index (χ1n) is 9.99. The molecule has 0 saturated heterocycles. The lowest BCUT2D eigenvalue weighted by atomic mass is 10.2. The lowest BCUT2D eigenvalue weighted by Gasteiger charge is -2.28. The number of aromatic nitrogens is 1. The van der Waals surface area contributed by atoms with Crippen LogP contribution in [0.25, 0.3) is 0 Å². The molecule has 180 valence electrons. The number of amides is 1. The minimum atomic E-state index is -3.87. The molecule has 1 heterocycles. The second-order valence-electron chi connectivity index (χ2n) is 7.27. The molecule has 0 fully saturated rings. The maximum absolute atomic E-state index is 12.8. The van der Waals surface area contributed by atoms with E-state index in [1.807, 2.05) is 0 Å². The molecule has 10 nitrogen and oxygen atoms in total. The van der Waals surface area contributed by atoms with Crippen molar-refractivity contribution < 1.29 is 26.4 Å². The van der Waals surface area contributed by atoms with Crippen molar-refractivity contribution in [3.8, 4) is 5.75 Å². The first-order chi connectivity index (χ1) is 16.0. The van der Waals surface area contributed by atoms with Gasteiger partial charge < -0.3 is 10.1 Å². The van der Waals surface area contributed by atoms with Crippen LogP contribution in [0.5, 0.6) is 5.75 Å². The maximum Gasteiger partial charge on any atom is 0.263 e. The van der Waals surface area contributed by atoms with Crippen LogP contribution in [-0.4, -0.2) is 47.1 Å². The number of carbonyl (C=O) groups is 1. The fourth-order valence-electron chi connectivity index (χ4n) is 3.12. The third-order valence-corrected chi connectivity index (χ3v) is 7.36. The summed E-state index contributed by atoms with van der Waals surface area (Å²) in [7, 11) is -6.17.